The van der Waals surface area contributed by atoms with Crippen molar-refractivity contribution in [1.29, 1.82) is 0 Å². The molecule has 21 heavy (non-hydrogen) atoms. The summed E-state index contributed by atoms with van der Waals surface area (Å²) in [6.07, 6.45) is 1.60. The zero-order chi connectivity index (χ0) is 15.5. The van der Waals surface area contributed by atoms with Gasteiger partial charge >= 0.3 is 0 Å². The van der Waals surface area contributed by atoms with Crippen molar-refractivity contribution in [2.75, 3.05) is 36.5 Å². The van der Waals surface area contributed by atoms with E-state index in [1.807, 2.05) is 6.07 Å². The second-order valence-electron chi connectivity index (χ2n) is 5.99. The van der Waals surface area contributed by atoms with Crippen LogP contribution in [0.5, 0.6) is 0 Å². The lowest BCUT2D eigenvalue weighted by molar-refractivity contribution is 0.101. The summed E-state index contributed by atoms with van der Waals surface area (Å²) in [4.78, 5) is 17.8. The summed E-state index contributed by atoms with van der Waals surface area (Å²) in [5.41, 5.74) is 0.601. The Balaban J connectivity index is 1.91. The van der Waals surface area contributed by atoms with Crippen LogP contribution in [0.15, 0.2) is 18.3 Å². The van der Waals surface area contributed by atoms with Gasteiger partial charge in [-0.25, -0.2) is 4.98 Å². The number of hydrogen-bond donors (Lipinski definition) is 1. The first kappa shape index (κ1) is 16.1. The second kappa shape index (κ2) is 6.66. The molecule has 0 atom stereocenters. The molecule has 0 aliphatic carbocycles. The molecule has 1 aliphatic rings. The third-order valence-corrected chi connectivity index (χ3v) is 5.18. The lowest BCUT2D eigenvalue weighted by Crippen LogP contribution is -2.53. The fourth-order valence-electron chi connectivity index (χ4n) is 2.37. The number of nitrogens with zero attached hydrogens (tertiary/aromatic N) is 2. The number of nitrogens with one attached hydrogen (secondary N) is 1. The van der Waals surface area contributed by atoms with Crippen LogP contribution in [-0.2, 0) is 10.8 Å². The first-order valence-electron chi connectivity index (χ1n) is 7.19. The molecule has 0 aromatic carbocycles. The third kappa shape index (κ3) is 4.35. The minimum Gasteiger partial charge on any atom is -0.368 e. The van der Waals surface area contributed by atoms with Crippen LogP contribution in [0.4, 0.5) is 5.82 Å². The highest BCUT2D eigenvalue weighted by atomic mass is 32.2. The zero-order valence-electron chi connectivity index (χ0n) is 12.9. The molecule has 1 aliphatic heterocycles. The molecule has 5 nitrogen and oxygen atoms in total. The largest absolute Gasteiger partial charge is 0.368 e. The first-order chi connectivity index (χ1) is 9.88. The quantitative estimate of drug-likeness (QED) is 0.836. The molecule has 6 heteroatoms. The first-order valence-corrected chi connectivity index (χ1v) is 8.68. The number of rotatable bonds is 5. The van der Waals surface area contributed by atoms with Gasteiger partial charge < -0.3 is 5.32 Å². The zero-order valence-corrected chi connectivity index (χ0v) is 13.7. The van der Waals surface area contributed by atoms with Crippen molar-refractivity contribution >= 4 is 22.4 Å². The maximum atomic E-state index is 11.4. The predicted octanol–water partition coefficient (Wildman–Crippen LogP) is 1.54. The number of Topliss-reactive ketones (excluding diaryl/α,β-unsaturated/α-hetero) is 1. The number of hydrogen-bond acceptors (Lipinski definition) is 5. The summed E-state index contributed by atoms with van der Waals surface area (Å²) < 4.78 is 11.4. The molecule has 0 amide bonds. The highest BCUT2D eigenvalue weighted by Gasteiger charge is 2.29. The van der Waals surface area contributed by atoms with E-state index in [1.54, 1.807) is 12.3 Å². The highest BCUT2D eigenvalue weighted by Crippen LogP contribution is 2.18. The Hall–Kier alpha value is -1.27. The van der Waals surface area contributed by atoms with E-state index in [0.29, 0.717) is 5.56 Å². The van der Waals surface area contributed by atoms with Gasteiger partial charge in [0.2, 0.25) is 0 Å². The predicted molar refractivity (Wildman–Crippen MR) is 86.3 cm³/mol. The van der Waals surface area contributed by atoms with E-state index in [1.165, 1.54) is 6.92 Å². The van der Waals surface area contributed by atoms with Gasteiger partial charge in [0.25, 0.3) is 0 Å². The maximum Gasteiger partial charge on any atom is 0.161 e. The van der Waals surface area contributed by atoms with Crippen molar-refractivity contribution in [3.05, 3.63) is 23.9 Å². The molecular weight excluding hydrogens is 286 g/mol. The van der Waals surface area contributed by atoms with Crippen LogP contribution >= 0.6 is 0 Å². The molecule has 1 saturated heterocycles. The van der Waals surface area contributed by atoms with Gasteiger partial charge in [-0.1, -0.05) is 0 Å². The van der Waals surface area contributed by atoms with Crippen LogP contribution in [0.25, 0.3) is 0 Å². The topological polar surface area (TPSA) is 62.3 Å². The fraction of sp³-hybridized carbons (Fsp3) is 0.600. The Morgan fingerprint density at radius 1 is 1.38 bits per heavy atom. The molecule has 0 radical (unpaired) electrons. The Morgan fingerprint density at radius 2 is 2.05 bits per heavy atom. The van der Waals surface area contributed by atoms with Crippen LogP contribution in [0, 0.1) is 0 Å². The summed E-state index contributed by atoms with van der Waals surface area (Å²) in [7, 11) is -0.649. The van der Waals surface area contributed by atoms with Crippen molar-refractivity contribution in [1.82, 2.24) is 9.88 Å². The molecule has 1 aromatic heterocycles. The van der Waals surface area contributed by atoms with Gasteiger partial charge in [0.1, 0.15) is 5.82 Å². The molecule has 0 saturated carbocycles. The Morgan fingerprint density at radius 3 is 2.57 bits per heavy atom. The van der Waals surface area contributed by atoms with Crippen LogP contribution in [0.1, 0.15) is 31.1 Å². The summed E-state index contributed by atoms with van der Waals surface area (Å²) >= 11 is 0. The Labute approximate surface area is 128 Å². The summed E-state index contributed by atoms with van der Waals surface area (Å²) in [5.74, 6) is 2.31. The summed E-state index contributed by atoms with van der Waals surface area (Å²) in [5, 5.41) is 3.32. The van der Waals surface area contributed by atoms with Crippen molar-refractivity contribution in [3.63, 3.8) is 0 Å². The average molecular weight is 309 g/mol. The monoisotopic (exact) mass is 309 g/mol. The third-order valence-electron chi connectivity index (χ3n) is 3.91. The summed E-state index contributed by atoms with van der Waals surface area (Å²) in [6, 6.07) is 3.62. The van der Waals surface area contributed by atoms with Gasteiger partial charge in [-0.05, 0) is 32.9 Å². The molecule has 2 heterocycles. The normalized spacial score (nSPS) is 17.7. The highest BCUT2D eigenvalue weighted by molar-refractivity contribution is 7.85. The number of carbonyl (C=O) groups excluding carboxylic acids is 1. The van der Waals surface area contributed by atoms with E-state index < -0.39 is 10.8 Å². The Kier molecular flexibility index (Phi) is 5.11. The van der Waals surface area contributed by atoms with Crippen LogP contribution < -0.4 is 5.32 Å². The molecule has 116 valence electrons. The molecule has 2 rings (SSSR count). The minimum absolute atomic E-state index is 0.0223. The SMILES string of the molecule is CC(=O)c1ccc(NCC(C)(C)N2CCS(=O)CC2)nc1. The van der Waals surface area contributed by atoms with E-state index in [0.717, 1.165) is 37.0 Å². The molecule has 1 N–H and O–H groups in total. The van der Waals surface area contributed by atoms with Gasteiger partial charge in [0.05, 0.1) is 0 Å². The Bertz CT molecular complexity index is 518. The van der Waals surface area contributed by atoms with Crippen LogP contribution in [0.3, 0.4) is 0 Å². The van der Waals surface area contributed by atoms with E-state index in [4.69, 9.17) is 0 Å². The van der Waals surface area contributed by atoms with E-state index >= 15 is 0 Å². The van der Waals surface area contributed by atoms with E-state index in [9.17, 15) is 9.00 Å². The van der Waals surface area contributed by atoms with Crippen molar-refractivity contribution in [2.45, 2.75) is 26.3 Å². The lowest BCUT2D eigenvalue weighted by atomic mass is 10.0. The number of anilines is 1. The number of carbonyl (C=O) groups is 1. The van der Waals surface area contributed by atoms with E-state index in [-0.39, 0.29) is 11.3 Å². The second-order valence-corrected chi connectivity index (χ2v) is 7.69. The minimum atomic E-state index is -0.649. The molecule has 0 unspecified atom stereocenters. The fourth-order valence-corrected chi connectivity index (χ4v) is 3.42. The van der Waals surface area contributed by atoms with Crippen molar-refractivity contribution in [3.8, 4) is 0 Å². The van der Waals surface area contributed by atoms with Gasteiger partial charge in [-0.3, -0.25) is 13.9 Å². The van der Waals surface area contributed by atoms with Gasteiger partial charge in [0.15, 0.2) is 5.78 Å². The van der Waals surface area contributed by atoms with Gasteiger partial charge in [0, 0.05) is 59.2 Å². The average Bonchev–Trinajstić information content (AvgIpc) is 2.46. The van der Waals surface area contributed by atoms with E-state index in [2.05, 4.69) is 29.0 Å². The lowest BCUT2D eigenvalue weighted by Gasteiger charge is -2.40. The van der Waals surface area contributed by atoms with Gasteiger partial charge in [-0.15, -0.1) is 0 Å². The van der Waals surface area contributed by atoms with Crippen LogP contribution in [-0.4, -0.2) is 56.6 Å². The summed E-state index contributed by atoms with van der Waals surface area (Å²) in [6.45, 7) is 8.39. The molecule has 0 bridgehead atoms. The molecule has 1 fully saturated rings. The molecule has 1 aromatic rings. The molecule has 0 spiro atoms. The number of aromatic nitrogens is 1. The van der Waals surface area contributed by atoms with Crippen LogP contribution in [0.2, 0.25) is 0 Å². The standard InChI is InChI=1S/C15H23N3O2S/c1-12(19)13-4-5-14(16-10-13)17-11-15(2,3)18-6-8-21(20)9-7-18/h4-5,10H,6-9,11H2,1-3H3,(H,16,17). The number of pyridine rings is 1. The molecular formula is C15H23N3O2S. The van der Waals surface area contributed by atoms with Crippen molar-refractivity contribution < 1.29 is 9.00 Å². The maximum absolute atomic E-state index is 11.4. The van der Waals surface area contributed by atoms with Crippen molar-refractivity contribution in [2.24, 2.45) is 0 Å². The smallest absolute Gasteiger partial charge is 0.161 e. The van der Waals surface area contributed by atoms with Gasteiger partial charge in [-0.2, -0.15) is 0 Å². The number of ketones is 1.